The molecule has 0 heterocycles. The van der Waals surface area contributed by atoms with Crippen LogP contribution in [0.2, 0.25) is 0 Å². The van der Waals surface area contributed by atoms with Gasteiger partial charge in [0.15, 0.2) is 0 Å². The maximum atomic E-state index is 11.1. The van der Waals surface area contributed by atoms with Crippen LogP contribution in [0, 0.1) is 0 Å². The quantitative estimate of drug-likeness (QED) is 0.292. The van der Waals surface area contributed by atoms with Crippen LogP contribution in [0.15, 0.2) is 54.6 Å². The van der Waals surface area contributed by atoms with Gasteiger partial charge in [0.2, 0.25) is 0 Å². The van der Waals surface area contributed by atoms with Gasteiger partial charge in [0, 0.05) is 12.1 Å². The Labute approximate surface area is 158 Å². The molecule has 142 valence electrons. The van der Waals surface area contributed by atoms with E-state index in [0.29, 0.717) is 0 Å². The van der Waals surface area contributed by atoms with Crippen molar-refractivity contribution in [3.63, 3.8) is 0 Å². The molecule has 2 aromatic rings. The van der Waals surface area contributed by atoms with Crippen LogP contribution in [0.4, 0.5) is 0 Å². The van der Waals surface area contributed by atoms with Crippen LogP contribution in [-0.4, -0.2) is 34.0 Å². The van der Waals surface area contributed by atoms with Crippen LogP contribution < -0.4 is 10.8 Å². The number of aliphatic hydroxyl groups is 2. The Hall–Kier alpha value is -2.51. The van der Waals surface area contributed by atoms with Crippen molar-refractivity contribution >= 4 is 12.0 Å². The van der Waals surface area contributed by atoms with Crippen LogP contribution in [0.3, 0.4) is 0 Å². The van der Waals surface area contributed by atoms with Crippen molar-refractivity contribution in [3.8, 4) is 0 Å². The summed E-state index contributed by atoms with van der Waals surface area (Å²) in [5.41, 5.74) is 5.52. The molecule has 27 heavy (non-hydrogen) atoms. The van der Waals surface area contributed by atoms with E-state index in [1.54, 1.807) is 11.6 Å². The zero-order valence-electron chi connectivity index (χ0n) is 14.9. The number of aryl methyl sites for hydroxylation is 1. The third-order valence-electron chi connectivity index (χ3n) is 4.92. The van der Waals surface area contributed by atoms with Gasteiger partial charge in [-0.25, -0.2) is 5.48 Å². The number of hydrogen-bond acceptors (Lipinski definition) is 5. The number of carbonyl (C=O) groups is 1. The molecule has 0 aromatic heterocycles. The van der Waals surface area contributed by atoms with E-state index >= 15 is 0 Å². The van der Waals surface area contributed by atoms with Crippen molar-refractivity contribution in [2.45, 2.75) is 31.0 Å². The van der Waals surface area contributed by atoms with Crippen molar-refractivity contribution in [1.82, 2.24) is 10.8 Å². The first kappa shape index (κ1) is 19.3. The second-order valence-electron chi connectivity index (χ2n) is 6.67. The second-order valence-corrected chi connectivity index (χ2v) is 6.67. The first-order valence-electron chi connectivity index (χ1n) is 8.97. The number of amides is 1. The van der Waals surface area contributed by atoms with Crippen molar-refractivity contribution < 1.29 is 20.2 Å². The molecule has 0 spiro atoms. The fourth-order valence-corrected chi connectivity index (χ4v) is 3.51. The van der Waals surface area contributed by atoms with E-state index < -0.39 is 18.1 Å². The monoisotopic (exact) mass is 368 g/mol. The second kappa shape index (κ2) is 8.92. The summed E-state index contributed by atoms with van der Waals surface area (Å²) in [4.78, 5) is 11.1. The zero-order chi connectivity index (χ0) is 19.2. The first-order chi connectivity index (χ1) is 13.1. The van der Waals surface area contributed by atoms with Crippen LogP contribution in [0.1, 0.15) is 40.8 Å². The van der Waals surface area contributed by atoms with Gasteiger partial charge in [0.25, 0.3) is 5.91 Å². The Morgan fingerprint density at radius 2 is 2.00 bits per heavy atom. The van der Waals surface area contributed by atoms with Crippen LogP contribution in [0.25, 0.3) is 6.08 Å². The van der Waals surface area contributed by atoms with Crippen LogP contribution in [0.5, 0.6) is 0 Å². The Balaban J connectivity index is 1.71. The lowest BCUT2D eigenvalue weighted by Gasteiger charge is -2.26. The molecule has 6 heteroatoms. The average Bonchev–Trinajstić information content (AvgIpc) is 3.12. The van der Waals surface area contributed by atoms with Gasteiger partial charge in [0.05, 0.1) is 18.8 Å². The van der Waals surface area contributed by atoms with Gasteiger partial charge in [-0.2, -0.15) is 0 Å². The summed E-state index contributed by atoms with van der Waals surface area (Å²) in [7, 11) is 0. The SMILES string of the molecule is O=C(/C=C/c1ccc2c(c1)CCC2NC(CO)C(O)c1ccccc1)NO. The molecule has 5 N–H and O–H groups in total. The number of aliphatic hydroxyl groups excluding tert-OH is 2. The lowest BCUT2D eigenvalue weighted by atomic mass is 10.00. The van der Waals surface area contributed by atoms with E-state index in [-0.39, 0.29) is 12.6 Å². The Morgan fingerprint density at radius 3 is 2.70 bits per heavy atom. The summed E-state index contributed by atoms with van der Waals surface area (Å²) in [5.74, 6) is -0.573. The molecule has 3 rings (SSSR count). The number of hydroxylamine groups is 1. The number of fused-ring (bicyclic) bond motifs is 1. The van der Waals surface area contributed by atoms with E-state index in [4.69, 9.17) is 5.21 Å². The Morgan fingerprint density at radius 1 is 1.22 bits per heavy atom. The normalized spacial score (nSPS) is 18.3. The van der Waals surface area contributed by atoms with Gasteiger partial charge in [-0.1, -0.05) is 48.5 Å². The van der Waals surface area contributed by atoms with Crippen molar-refractivity contribution in [2.24, 2.45) is 0 Å². The molecule has 1 aliphatic carbocycles. The summed E-state index contributed by atoms with van der Waals surface area (Å²) in [6, 6.07) is 14.8. The summed E-state index contributed by atoms with van der Waals surface area (Å²) in [6.07, 6.45) is 3.87. The number of rotatable bonds is 7. The van der Waals surface area contributed by atoms with Crippen molar-refractivity contribution in [2.75, 3.05) is 6.61 Å². The molecule has 0 radical (unpaired) electrons. The maximum absolute atomic E-state index is 11.1. The smallest absolute Gasteiger partial charge is 0.267 e. The molecule has 0 fully saturated rings. The van der Waals surface area contributed by atoms with Gasteiger partial charge in [-0.3, -0.25) is 10.0 Å². The Bertz CT molecular complexity index is 807. The number of nitrogens with one attached hydrogen (secondary N) is 2. The number of benzene rings is 2. The Kier molecular flexibility index (Phi) is 6.36. The fraction of sp³-hybridized carbons (Fsp3) is 0.286. The van der Waals surface area contributed by atoms with Gasteiger partial charge in [0.1, 0.15) is 0 Å². The highest BCUT2D eigenvalue weighted by molar-refractivity contribution is 5.90. The van der Waals surface area contributed by atoms with E-state index in [2.05, 4.69) is 5.32 Å². The highest BCUT2D eigenvalue weighted by atomic mass is 16.5. The molecule has 0 aliphatic heterocycles. The molecule has 0 bridgehead atoms. The van der Waals surface area contributed by atoms with E-state index in [1.165, 1.54) is 11.6 Å². The van der Waals surface area contributed by atoms with E-state index in [0.717, 1.165) is 29.5 Å². The summed E-state index contributed by atoms with van der Waals surface area (Å²) in [5, 5.41) is 32.3. The minimum atomic E-state index is -0.792. The third-order valence-corrected chi connectivity index (χ3v) is 4.92. The molecule has 0 saturated carbocycles. The maximum Gasteiger partial charge on any atom is 0.267 e. The molecule has 1 amide bonds. The molecule has 3 unspecified atom stereocenters. The molecular weight excluding hydrogens is 344 g/mol. The summed E-state index contributed by atoms with van der Waals surface area (Å²) < 4.78 is 0. The van der Waals surface area contributed by atoms with Gasteiger partial charge in [-0.05, 0) is 41.2 Å². The average molecular weight is 368 g/mol. The number of carbonyl (C=O) groups excluding carboxylic acids is 1. The van der Waals surface area contributed by atoms with E-state index in [9.17, 15) is 15.0 Å². The third kappa shape index (κ3) is 4.61. The van der Waals surface area contributed by atoms with Gasteiger partial charge < -0.3 is 15.5 Å². The predicted molar refractivity (Wildman–Crippen MR) is 102 cm³/mol. The molecule has 2 aromatic carbocycles. The van der Waals surface area contributed by atoms with Gasteiger partial charge in [-0.15, -0.1) is 0 Å². The topological polar surface area (TPSA) is 102 Å². The molecule has 6 nitrogen and oxygen atoms in total. The van der Waals surface area contributed by atoms with Gasteiger partial charge >= 0.3 is 0 Å². The number of hydrogen-bond donors (Lipinski definition) is 5. The highest BCUT2D eigenvalue weighted by Gasteiger charge is 2.28. The molecule has 0 saturated heterocycles. The first-order valence-corrected chi connectivity index (χ1v) is 8.97. The molecule has 1 aliphatic rings. The van der Waals surface area contributed by atoms with Crippen molar-refractivity contribution in [3.05, 3.63) is 76.9 Å². The predicted octanol–water partition coefficient (Wildman–Crippen LogP) is 1.88. The van der Waals surface area contributed by atoms with Crippen molar-refractivity contribution in [1.29, 1.82) is 0 Å². The lowest BCUT2D eigenvalue weighted by molar-refractivity contribution is -0.124. The molecule has 3 atom stereocenters. The fourth-order valence-electron chi connectivity index (χ4n) is 3.51. The lowest BCUT2D eigenvalue weighted by Crippen LogP contribution is -2.39. The molecular formula is C21H24N2O4. The van der Waals surface area contributed by atoms with E-state index in [1.807, 2.05) is 48.5 Å². The minimum absolute atomic E-state index is 0.0503. The van der Waals surface area contributed by atoms with Crippen LogP contribution >= 0.6 is 0 Å². The van der Waals surface area contributed by atoms with Crippen LogP contribution in [-0.2, 0) is 11.2 Å². The highest BCUT2D eigenvalue weighted by Crippen LogP contribution is 2.33. The summed E-state index contributed by atoms with van der Waals surface area (Å²) >= 11 is 0. The minimum Gasteiger partial charge on any atom is -0.395 e. The zero-order valence-corrected chi connectivity index (χ0v) is 14.9. The standard InChI is InChI=1S/C21H24N2O4/c24-13-19(21(26)15-4-2-1-3-5-15)22-18-10-8-16-12-14(6-9-17(16)18)7-11-20(25)23-27/h1-7,9,11-12,18-19,21-22,24,26-27H,8,10,13H2,(H,23,25)/b11-7+. The summed E-state index contributed by atoms with van der Waals surface area (Å²) in [6.45, 7) is -0.168. The largest absolute Gasteiger partial charge is 0.395 e.